The van der Waals surface area contributed by atoms with Gasteiger partial charge in [-0.05, 0) is 42.5 Å². The van der Waals surface area contributed by atoms with Crippen LogP contribution in [0.5, 0.6) is 5.75 Å². The maximum Gasteiger partial charge on any atom is 0.261 e. The zero-order valence-electron chi connectivity index (χ0n) is 12.9. The van der Waals surface area contributed by atoms with Crippen LogP contribution in [0, 0.1) is 0 Å². The molecular weight excluding hydrogens is 348 g/mol. The molecule has 5 nitrogen and oxygen atoms in total. The van der Waals surface area contributed by atoms with Crippen molar-refractivity contribution in [3.05, 3.63) is 51.2 Å². The number of benzene rings is 1. The monoisotopic (exact) mass is 364 g/mol. The quantitative estimate of drug-likeness (QED) is 0.879. The summed E-state index contributed by atoms with van der Waals surface area (Å²) in [4.78, 5) is 27.0. The van der Waals surface area contributed by atoms with Crippen molar-refractivity contribution in [3.63, 3.8) is 0 Å². The van der Waals surface area contributed by atoms with Crippen LogP contribution in [0.25, 0.3) is 0 Å². The Bertz CT molecular complexity index is 740. The number of rotatable bonds is 3. The Labute approximate surface area is 148 Å². The van der Waals surface area contributed by atoms with E-state index < -0.39 is 0 Å². The van der Waals surface area contributed by atoms with Crippen LogP contribution in [0.15, 0.2) is 35.7 Å². The van der Waals surface area contributed by atoms with Crippen LogP contribution >= 0.6 is 22.9 Å². The van der Waals surface area contributed by atoms with Crippen LogP contribution in [0.1, 0.15) is 32.9 Å². The highest BCUT2D eigenvalue weighted by Crippen LogP contribution is 2.25. The SMILES string of the molecule is O=C(NC1CCN(C(=O)c2ccc(O)c(Cl)c2)CC1)c1cccs1. The molecule has 24 heavy (non-hydrogen) atoms. The minimum Gasteiger partial charge on any atom is -0.506 e. The molecule has 7 heteroatoms. The van der Waals surface area contributed by atoms with Gasteiger partial charge in [0.15, 0.2) is 0 Å². The Morgan fingerprint density at radius 2 is 2.00 bits per heavy atom. The summed E-state index contributed by atoms with van der Waals surface area (Å²) >= 11 is 7.27. The average molecular weight is 365 g/mol. The molecular formula is C17H17ClN2O3S. The Kier molecular flexibility index (Phi) is 5.06. The number of hydrogen-bond acceptors (Lipinski definition) is 4. The molecule has 2 heterocycles. The molecule has 1 aromatic carbocycles. The Balaban J connectivity index is 1.55. The van der Waals surface area contributed by atoms with E-state index in [4.69, 9.17) is 11.6 Å². The summed E-state index contributed by atoms with van der Waals surface area (Å²) in [5.74, 6) is -0.205. The molecule has 0 unspecified atom stereocenters. The lowest BCUT2D eigenvalue weighted by atomic mass is 10.0. The molecule has 1 aliphatic heterocycles. The van der Waals surface area contributed by atoms with Gasteiger partial charge in [0.2, 0.25) is 0 Å². The number of halogens is 1. The number of phenols is 1. The lowest BCUT2D eigenvalue weighted by Crippen LogP contribution is -2.46. The van der Waals surface area contributed by atoms with Crippen molar-refractivity contribution >= 4 is 34.8 Å². The summed E-state index contributed by atoms with van der Waals surface area (Å²) in [5, 5.41) is 14.5. The second-order valence-corrected chi connectivity index (χ2v) is 7.04. The maximum atomic E-state index is 12.5. The van der Waals surface area contributed by atoms with Gasteiger partial charge in [-0.25, -0.2) is 0 Å². The second-order valence-electron chi connectivity index (χ2n) is 5.68. The van der Waals surface area contributed by atoms with Crippen molar-refractivity contribution in [2.75, 3.05) is 13.1 Å². The zero-order chi connectivity index (χ0) is 17.1. The van der Waals surface area contributed by atoms with E-state index in [1.165, 1.54) is 23.5 Å². The van der Waals surface area contributed by atoms with Gasteiger partial charge < -0.3 is 15.3 Å². The third-order valence-corrected chi connectivity index (χ3v) is 5.23. The lowest BCUT2D eigenvalue weighted by Gasteiger charge is -2.32. The number of amides is 2. The van der Waals surface area contributed by atoms with E-state index >= 15 is 0 Å². The summed E-state index contributed by atoms with van der Waals surface area (Å²) in [6.45, 7) is 1.15. The highest BCUT2D eigenvalue weighted by Gasteiger charge is 2.25. The Morgan fingerprint density at radius 1 is 1.25 bits per heavy atom. The third-order valence-electron chi connectivity index (χ3n) is 4.06. The summed E-state index contributed by atoms with van der Waals surface area (Å²) < 4.78 is 0. The summed E-state index contributed by atoms with van der Waals surface area (Å²) in [6.07, 6.45) is 1.43. The summed E-state index contributed by atoms with van der Waals surface area (Å²) in [7, 11) is 0. The number of aromatic hydroxyl groups is 1. The molecule has 1 aromatic heterocycles. The molecule has 0 spiro atoms. The normalized spacial score (nSPS) is 15.3. The van der Waals surface area contributed by atoms with Crippen LogP contribution < -0.4 is 5.32 Å². The van der Waals surface area contributed by atoms with Crippen LogP contribution in [0.2, 0.25) is 5.02 Å². The number of thiophene rings is 1. The van der Waals surface area contributed by atoms with Gasteiger partial charge in [0.05, 0.1) is 9.90 Å². The van der Waals surface area contributed by atoms with Crippen LogP contribution in [0.4, 0.5) is 0 Å². The molecule has 0 radical (unpaired) electrons. The number of nitrogens with one attached hydrogen (secondary N) is 1. The van der Waals surface area contributed by atoms with Crippen molar-refractivity contribution in [2.45, 2.75) is 18.9 Å². The minimum atomic E-state index is -0.111. The summed E-state index contributed by atoms with van der Waals surface area (Å²) in [5.41, 5.74) is 0.457. The first-order chi connectivity index (χ1) is 11.5. The number of phenolic OH excluding ortho intramolecular Hbond substituents is 1. The standard InChI is InChI=1S/C17H17ClN2O3S/c18-13-10-11(3-4-14(13)21)17(23)20-7-5-12(6-8-20)19-16(22)15-2-1-9-24-15/h1-4,9-10,12,21H,5-8H2,(H,19,22). The zero-order valence-corrected chi connectivity index (χ0v) is 14.4. The summed E-state index contributed by atoms with van der Waals surface area (Å²) in [6, 6.07) is 8.19. The van der Waals surface area contributed by atoms with E-state index in [-0.39, 0.29) is 28.6 Å². The molecule has 0 bridgehead atoms. The first-order valence-corrected chi connectivity index (χ1v) is 8.92. The van der Waals surface area contributed by atoms with Gasteiger partial charge in [0.25, 0.3) is 11.8 Å². The smallest absolute Gasteiger partial charge is 0.261 e. The number of carbonyl (C=O) groups is 2. The topological polar surface area (TPSA) is 69.6 Å². The lowest BCUT2D eigenvalue weighted by molar-refractivity contribution is 0.0698. The fourth-order valence-electron chi connectivity index (χ4n) is 2.71. The molecule has 2 amide bonds. The molecule has 1 fully saturated rings. The Hall–Kier alpha value is -2.05. The number of carbonyl (C=O) groups excluding carboxylic acids is 2. The van der Waals surface area contributed by atoms with E-state index in [9.17, 15) is 14.7 Å². The van der Waals surface area contributed by atoms with Gasteiger partial charge in [-0.15, -0.1) is 11.3 Å². The third kappa shape index (κ3) is 3.71. The molecule has 0 saturated carbocycles. The van der Waals surface area contributed by atoms with Gasteiger partial charge in [0, 0.05) is 24.7 Å². The van der Waals surface area contributed by atoms with Crippen molar-refractivity contribution in [3.8, 4) is 5.75 Å². The highest BCUT2D eigenvalue weighted by molar-refractivity contribution is 7.12. The van der Waals surface area contributed by atoms with Gasteiger partial charge >= 0.3 is 0 Å². The minimum absolute atomic E-state index is 0.0387. The average Bonchev–Trinajstić information content (AvgIpc) is 3.12. The fraction of sp³-hybridized carbons (Fsp3) is 0.294. The molecule has 0 aliphatic carbocycles. The van der Waals surface area contributed by atoms with E-state index in [2.05, 4.69) is 5.32 Å². The van der Waals surface area contributed by atoms with Crippen LogP contribution in [-0.4, -0.2) is 41.0 Å². The Morgan fingerprint density at radius 3 is 2.62 bits per heavy atom. The van der Waals surface area contributed by atoms with E-state index in [1.807, 2.05) is 11.4 Å². The van der Waals surface area contributed by atoms with Crippen molar-refractivity contribution in [1.29, 1.82) is 0 Å². The van der Waals surface area contributed by atoms with Gasteiger partial charge in [-0.1, -0.05) is 17.7 Å². The van der Waals surface area contributed by atoms with Crippen molar-refractivity contribution < 1.29 is 14.7 Å². The first-order valence-electron chi connectivity index (χ1n) is 7.67. The van der Waals surface area contributed by atoms with Crippen molar-refractivity contribution in [1.82, 2.24) is 10.2 Å². The van der Waals surface area contributed by atoms with Crippen molar-refractivity contribution in [2.24, 2.45) is 0 Å². The first kappa shape index (κ1) is 16.8. The maximum absolute atomic E-state index is 12.5. The van der Waals surface area contributed by atoms with Gasteiger partial charge in [-0.3, -0.25) is 9.59 Å². The molecule has 3 rings (SSSR count). The molecule has 1 aliphatic rings. The number of hydrogen-bond donors (Lipinski definition) is 2. The highest BCUT2D eigenvalue weighted by atomic mass is 35.5. The van der Waals surface area contributed by atoms with E-state index in [0.29, 0.717) is 36.4 Å². The van der Waals surface area contributed by atoms with Crippen LogP contribution in [0.3, 0.4) is 0 Å². The molecule has 2 N–H and O–H groups in total. The molecule has 126 valence electrons. The predicted octanol–water partition coefficient (Wildman–Crippen LogP) is 3.14. The van der Waals surface area contributed by atoms with Gasteiger partial charge in [-0.2, -0.15) is 0 Å². The molecule has 1 saturated heterocycles. The van der Waals surface area contributed by atoms with Crippen LogP contribution in [-0.2, 0) is 0 Å². The molecule has 0 atom stereocenters. The van der Waals surface area contributed by atoms with E-state index in [0.717, 1.165) is 0 Å². The second kappa shape index (κ2) is 7.23. The molecule has 2 aromatic rings. The van der Waals surface area contributed by atoms with Gasteiger partial charge in [0.1, 0.15) is 5.75 Å². The number of likely N-dealkylation sites (tertiary alicyclic amines) is 1. The number of nitrogens with zero attached hydrogens (tertiary/aromatic N) is 1. The fourth-order valence-corrected chi connectivity index (χ4v) is 3.52. The largest absolute Gasteiger partial charge is 0.506 e. The predicted molar refractivity (Wildman–Crippen MR) is 93.8 cm³/mol. The van der Waals surface area contributed by atoms with E-state index in [1.54, 1.807) is 17.0 Å². The number of piperidine rings is 1.